The van der Waals surface area contributed by atoms with E-state index in [1.165, 1.54) is 7.11 Å². The zero-order valence-corrected chi connectivity index (χ0v) is 14.7. The molecule has 0 amide bonds. The van der Waals surface area contributed by atoms with Crippen LogP contribution in [0.4, 0.5) is 0 Å². The van der Waals surface area contributed by atoms with Crippen LogP contribution in [0.1, 0.15) is 23.5 Å². The lowest BCUT2D eigenvalue weighted by Gasteiger charge is -2.36. The lowest BCUT2D eigenvalue weighted by atomic mass is 9.82. The van der Waals surface area contributed by atoms with Crippen LogP contribution in [0.5, 0.6) is 0 Å². The first-order valence-corrected chi connectivity index (χ1v) is 8.32. The Kier molecular flexibility index (Phi) is 4.99. The van der Waals surface area contributed by atoms with E-state index in [9.17, 15) is 15.2 Å². The lowest BCUT2D eigenvalue weighted by molar-refractivity contribution is -0.210. The molecule has 0 fully saturated rings. The van der Waals surface area contributed by atoms with Crippen molar-refractivity contribution in [3.8, 4) is 6.07 Å². The van der Waals surface area contributed by atoms with Gasteiger partial charge in [0, 0.05) is 22.9 Å². The molecule has 2 unspecified atom stereocenters. The highest BCUT2D eigenvalue weighted by Crippen LogP contribution is 2.45. The fourth-order valence-corrected chi connectivity index (χ4v) is 3.31. The van der Waals surface area contributed by atoms with Gasteiger partial charge in [0.05, 0.1) is 18.8 Å². The van der Waals surface area contributed by atoms with Gasteiger partial charge in [-0.25, -0.2) is 4.79 Å². The van der Waals surface area contributed by atoms with Crippen molar-refractivity contribution < 1.29 is 19.4 Å². The maximum absolute atomic E-state index is 12.2. The summed E-state index contributed by atoms with van der Waals surface area (Å²) in [5.41, 5.74) is 1.49. The molecule has 3 rings (SSSR count). The third-order valence-corrected chi connectivity index (χ3v) is 4.63. The number of halogens is 1. The minimum absolute atomic E-state index is 0.136. The first-order chi connectivity index (χ1) is 12.5. The second-order valence-corrected chi connectivity index (χ2v) is 6.28. The van der Waals surface area contributed by atoms with Crippen LogP contribution in [0.25, 0.3) is 5.76 Å². The highest BCUT2D eigenvalue weighted by Gasteiger charge is 2.49. The fraction of sp³-hybridized carbons (Fsp3) is 0.200. The Balaban J connectivity index is 2.22. The van der Waals surface area contributed by atoms with Crippen LogP contribution in [0, 0.1) is 11.3 Å². The van der Waals surface area contributed by atoms with E-state index in [2.05, 4.69) is 6.07 Å². The molecule has 0 aromatic heterocycles. The van der Waals surface area contributed by atoms with E-state index >= 15 is 0 Å². The second-order valence-electron chi connectivity index (χ2n) is 5.88. The molecule has 2 atom stereocenters. The molecule has 1 aliphatic heterocycles. The highest BCUT2D eigenvalue weighted by atomic mass is 35.5. The number of nitriles is 1. The molecule has 0 spiro atoms. The topological polar surface area (TPSA) is 79.5 Å². The van der Waals surface area contributed by atoms with Gasteiger partial charge in [-0.15, -0.1) is 0 Å². The van der Waals surface area contributed by atoms with Crippen LogP contribution >= 0.6 is 11.6 Å². The van der Waals surface area contributed by atoms with E-state index in [-0.39, 0.29) is 17.8 Å². The van der Waals surface area contributed by atoms with Crippen LogP contribution < -0.4 is 0 Å². The Morgan fingerprint density at radius 2 is 1.92 bits per heavy atom. The van der Waals surface area contributed by atoms with E-state index in [0.29, 0.717) is 16.1 Å². The van der Waals surface area contributed by atoms with Crippen LogP contribution in [-0.4, -0.2) is 24.0 Å². The molecule has 0 radical (unpaired) electrons. The predicted octanol–water partition coefficient (Wildman–Crippen LogP) is 3.64. The molecule has 0 saturated carbocycles. The SMILES string of the molecule is COC(=O)C1(O)CC(c2ccccc2Cl)C(C#N)=C(c2ccccc2)O1. The van der Waals surface area contributed by atoms with Crippen molar-refractivity contribution in [3.63, 3.8) is 0 Å². The van der Waals surface area contributed by atoms with Gasteiger partial charge in [0.25, 0.3) is 0 Å². The number of nitrogens with zero attached hydrogens (tertiary/aromatic N) is 1. The van der Waals surface area contributed by atoms with Crippen molar-refractivity contribution in [1.82, 2.24) is 0 Å². The molecule has 2 aromatic carbocycles. The maximum atomic E-state index is 12.2. The Morgan fingerprint density at radius 1 is 1.27 bits per heavy atom. The van der Waals surface area contributed by atoms with Gasteiger partial charge in [0.2, 0.25) is 0 Å². The molecule has 0 aliphatic carbocycles. The summed E-state index contributed by atoms with van der Waals surface area (Å²) in [4.78, 5) is 12.2. The fourth-order valence-electron chi connectivity index (χ4n) is 3.04. The highest BCUT2D eigenvalue weighted by molar-refractivity contribution is 6.31. The summed E-state index contributed by atoms with van der Waals surface area (Å²) in [6.45, 7) is 0. The van der Waals surface area contributed by atoms with Gasteiger partial charge < -0.3 is 14.6 Å². The first-order valence-electron chi connectivity index (χ1n) is 7.94. The summed E-state index contributed by atoms with van der Waals surface area (Å²) >= 11 is 6.31. The van der Waals surface area contributed by atoms with Gasteiger partial charge in [-0.2, -0.15) is 5.26 Å². The molecular formula is C20H16ClNO4. The number of benzene rings is 2. The summed E-state index contributed by atoms with van der Waals surface area (Å²) in [5.74, 6) is -3.64. The number of aliphatic hydroxyl groups is 1. The normalized spacial score (nSPS) is 22.3. The quantitative estimate of drug-likeness (QED) is 0.835. The van der Waals surface area contributed by atoms with Crippen molar-refractivity contribution in [2.24, 2.45) is 0 Å². The van der Waals surface area contributed by atoms with Crippen molar-refractivity contribution in [3.05, 3.63) is 76.3 Å². The zero-order chi connectivity index (χ0) is 18.7. The average Bonchev–Trinajstić information content (AvgIpc) is 2.67. The monoisotopic (exact) mass is 369 g/mol. The van der Waals surface area contributed by atoms with E-state index in [1.54, 1.807) is 48.5 Å². The largest absolute Gasteiger partial charge is 0.464 e. The van der Waals surface area contributed by atoms with Crippen molar-refractivity contribution >= 4 is 23.3 Å². The number of ether oxygens (including phenoxy) is 2. The number of methoxy groups -OCH3 is 1. The number of esters is 1. The summed E-state index contributed by atoms with van der Waals surface area (Å²) in [5, 5.41) is 21.0. The Hall–Kier alpha value is -2.81. The first kappa shape index (κ1) is 18.0. The maximum Gasteiger partial charge on any atom is 0.379 e. The zero-order valence-electron chi connectivity index (χ0n) is 14.0. The molecule has 1 N–H and O–H groups in total. The number of allylic oxidation sites excluding steroid dienone is 1. The molecular weight excluding hydrogens is 354 g/mol. The van der Waals surface area contributed by atoms with Crippen LogP contribution in [0.15, 0.2) is 60.2 Å². The number of carbonyl (C=O) groups is 1. The average molecular weight is 370 g/mol. The molecule has 5 nitrogen and oxygen atoms in total. The van der Waals surface area contributed by atoms with Crippen molar-refractivity contribution in [2.75, 3.05) is 7.11 Å². The molecule has 132 valence electrons. The molecule has 0 saturated heterocycles. The third kappa shape index (κ3) is 3.17. The minimum atomic E-state index is -2.22. The summed E-state index contributed by atoms with van der Waals surface area (Å²) in [6, 6.07) is 18.0. The van der Waals surface area contributed by atoms with Gasteiger partial charge in [-0.3, -0.25) is 0 Å². The van der Waals surface area contributed by atoms with E-state index in [4.69, 9.17) is 21.1 Å². The number of hydrogen-bond acceptors (Lipinski definition) is 5. The number of hydrogen-bond donors (Lipinski definition) is 1. The molecule has 1 aliphatic rings. The van der Waals surface area contributed by atoms with E-state index in [0.717, 1.165) is 0 Å². The number of rotatable bonds is 3. The molecule has 26 heavy (non-hydrogen) atoms. The van der Waals surface area contributed by atoms with Gasteiger partial charge in [-0.1, -0.05) is 60.1 Å². The number of carbonyl (C=O) groups excluding carboxylic acids is 1. The van der Waals surface area contributed by atoms with Crippen LogP contribution in [0.3, 0.4) is 0 Å². The van der Waals surface area contributed by atoms with E-state index in [1.807, 2.05) is 6.07 Å². The third-order valence-electron chi connectivity index (χ3n) is 4.29. The standard InChI is InChI=1S/C20H16ClNO4/c1-25-19(23)20(24)11-15(14-9-5-6-10-17(14)21)16(12-22)18(26-20)13-7-3-2-4-8-13/h2-10,15,24H,11H2,1H3. The Morgan fingerprint density at radius 3 is 2.54 bits per heavy atom. The van der Waals surface area contributed by atoms with E-state index < -0.39 is 17.7 Å². The molecule has 1 heterocycles. The minimum Gasteiger partial charge on any atom is -0.464 e. The molecule has 6 heteroatoms. The van der Waals surface area contributed by atoms with Gasteiger partial charge in [0.15, 0.2) is 0 Å². The Bertz CT molecular complexity index is 904. The summed E-state index contributed by atoms with van der Waals surface area (Å²) in [6.07, 6.45) is -0.178. The van der Waals surface area contributed by atoms with Crippen molar-refractivity contribution in [2.45, 2.75) is 18.1 Å². The predicted molar refractivity (Wildman–Crippen MR) is 95.8 cm³/mol. The summed E-state index contributed by atoms with van der Waals surface area (Å²) in [7, 11) is 1.17. The summed E-state index contributed by atoms with van der Waals surface area (Å²) < 4.78 is 10.3. The van der Waals surface area contributed by atoms with Gasteiger partial charge in [0.1, 0.15) is 5.76 Å². The van der Waals surface area contributed by atoms with Crippen LogP contribution in [0.2, 0.25) is 5.02 Å². The van der Waals surface area contributed by atoms with Gasteiger partial charge in [-0.05, 0) is 11.6 Å². The van der Waals surface area contributed by atoms with Gasteiger partial charge >= 0.3 is 11.8 Å². The second kappa shape index (κ2) is 7.20. The molecule has 2 aromatic rings. The lowest BCUT2D eigenvalue weighted by Crippen LogP contribution is -2.46. The molecule has 0 bridgehead atoms. The van der Waals surface area contributed by atoms with Crippen molar-refractivity contribution in [1.29, 1.82) is 5.26 Å². The van der Waals surface area contributed by atoms with Crippen LogP contribution in [-0.2, 0) is 14.3 Å². The smallest absolute Gasteiger partial charge is 0.379 e. The Labute approximate surface area is 156 Å².